The zero-order valence-corrected chi connectivity index (χ0v) is 14.0. The maximum absolute atomic E-state index is 12.2. The van der Waals surface area contributed by atoms with Gasteiger partial charge in [-0.25, -0.2) is 5.48 Å². The minimum absolute atomic E-state index is 0.0432. The molecule has 6 heteroatoms. The number of aromatic nitrogens is 1. The molecule has 0 saturated heterocycles. The SMILES string of the molecule is O=C(C=Cc1ccc(CNC(=O)Cc2c[nH]c3ccccc23)cc1)NO. The monoisotopic (exact) mass is 349 g/mol. The van der Waals surface area contributed by atoms with Crippen molar-refractivity contribution in [3.63, 3.8) is 0 Å². The van der Waals surface area contributed by atoms with E-state index >= 15 is 0 Å². The number of carbonyl (C=O) groups excluding carboxylic acids is 2. The van der Waals surface area contributed by atoms with Gasteiger partial charge >= 0.3 is 0 Å². The molecule has 0 aliphatic heterocycles. The number of para-hydroxylation sites is 1. The average molecular weight is 349 g/mol. The van der Waals surface area contributed by atoms with Crippen molar-refractivity contribution >= 4 is 28.8 Å². The van der Waals surface area contributed by atoms with E-state index in [2.05, 4.69) is 10.3 Å². The Balaban J connectivity index is 1.54. The maximum atomic E-state index is 12.2. The van der Waals surface area contributed by atoms with E-state index in [0.717, 1.165) is 27.6 Å². The third-order valence-electron chi connectivity index (χ3n) is 4.03. The van der Waals surface area contributed by atoms with Crippen molar-refractivity contribution in [2.24, 2.45) is 0 Å². The highest BCUT2D eigenvalue weighted by Gasteiger charge is 2.08. The Morgan fingerprint density at radius 3 is 2.62 bits per heavy atom. The van der Waals surface area contributed by atoms with Gasteiger partial charge in [0, 0.05) is 29.7 Å². The molecule has 0 aliphatic rings. The molecule has 3 aromatic rings. The lowest BCUT2D eigenvalue weighted by molar-refractivity contribution is -0.124. The fourth-order valence-corrected chi connectivity index (χ4v) is 2.67. The second kappa shape index (κ2) is 8.13. The Bertz CT molecular complexity index is 942. The number of amides is 2. The first-order valence-corrected chi connectivity index (χ1v) is 8.18. The lowest BCUT2D eigenvalue weighted by Crippen LogP contribution is -2.24. The lowest BCUT2D eigenvalue weighted by Gasteiger charge is -2.05. The van der Waals surface area contributed by atoms with Gasteiger partial charge in [0.05, 0.1) is 6.42 Å². The molecule has 2 amide bonds. The van der Waals surface area contributed by atoms with Gasteiger partial charge in [0.2, 0.25) is 5.91 Å². The number of H-pyrrole nitrogens is 1. The first-order valence-electron chi connectivity index (χ1n) is 8.18. The van der Waals surface area contributed by atoms with Gasteiger partial charge in [-0.3, -0.25) is 14.8 Å². The van der Waals surface area contributed by atoms with E-state index in [-0.39, 0.29) is 5.91 Å². The summed E-state index contributed by atoms with van der Waals surface area (Å²) >= 11 is 0. The Kier molecular flexibility index (Phi) is 5.46. The zero-order chi connectivity index (χ0) is 18.4. The Labute approximate surface area is 150 Å². The molecule has 0 aliphatic carbocycles. The second-order valence-electron chi connectivity index (χ2n) is 5.86. The average Bonchev–Trinajstić information content (AvgIpc) is 3.08. The quantitative estimate of drug-likeness (QED) is 0.313. The van der Waals surface area contributed by atoms with Crippen molar-refractivity contribution in [3.05, 3.63) is 77.5 Å². The van der Waals surface area contributed by atoms with Crippen LogP contribution in [0.15, 0.2) is 60.8 Å². The largest absolute Gasteiger partial charge is 0.361 e. The smallest absolute Gasteiger partial charge is 0.267 e. The van der Waals surface area contributed by atoms with Gasteiger partial charge in [-0.05, 0) is 28.8 Å². The van der Waals surface area contributed by atoms with E-state index in [1.807, 2.05) is 54.7 Å². The van der Waals surface area contributed by atoms with Gasteiger partial charge in [0.1, 0.15) is 0 Å². The minimum Gasteiger partial charge on any atom is -0.361 e. The number of hydrogen-bond donors (Lipinski definition) is 4. The fraction of sp³-hybridized carbons (Fsp3) is 0.100. The minimum atomic E-state index is -0.585. The molecule has 0 saturated carbocycles. The van der Waals surface area contributed by atoms with Gasteiger partial charge in [-0.2, -0.15) is 0 Å². The van der Waals surface area contributed by atoms with Crippen LogP contribution in [0.4, 0.5) is 0 Å². The number of benzene rings is 2. The highest BCUT2D eigenvalue weighted by Crippen LogP contribution is 2.18. The van der Waals surface area contributed by atoms with E-state index in [1.54, 1.807) is 6.08 Å². The highest BCUT2D eigenvalue weighted by molar-refractivity contribution is 5.91. The van der Waals surface area contributed by atoms with Crippen LogP contribution >= 0.6 is 0 Å². The summed E-state index contributed by atoms with van der Waals surface area (Å²) in [4.78, 5) is 26.3. The van der Waals surface area contributed by atoms with E-state index in [9.17, 15) is 9.59 Å². The molecule has 0 radical (unpaired) electrons. The normalized spacial score (nSPS) is 11.0. The van der Waals surface area contributed by atoms with Crippen LogP contribution in [0.1, 0.15) is 16.7 Å². The molecule has 0 atom stereocenters. The van der Waals surface area contributed by atoms with Crippen molar-refractivity contribution in [1.29, 1.82) is 0 Å². The molecular formula is C20H19N3O3. The van der Waals surface area contributed by atoms with Gasteiger partial charge in [0.25, 0.3) is 5.91 Å². The molecule has 6 nitrogen and oxygen atoms in total. The summed E-state index contributed by atoms with van der Waals surface area (Å²) in [7, 11) is 0. The highest BCUT2D eigenvalue weighted by atomic mass is 16.5. The van der Waals surface area contributed by atoms with Gasteiger partial charge in [0.15, 0.2) is 0 Å². The molecule has 26 heavy (non-hydrogen) atoms. The summed E-state index contributed by atoms with van der Waals surface area (Å²) in [6.45, 7) is 0.433. The molecule has 1 heterocycles. The second-order valence-corrected chi connectivity index (χ2v) is 5.86. The van der Waals surface area contributed by atoms with Crippen LogP contribution in [-0.2, 0) is 22.6 Å². The van der Waals surface area contributed by atoms with E-state index < -0.39 is 5.91 Å². The zero-order valence-electron chi connectivity index (χ0n) is 14.0. The number of nitrogens with one attached hydrogen (secondary N) is 3. The van der Waals surface area contributed by atoms with Crippen molar-refractivity contribution in [2.75, 3.05) is 0 Å². The third-order valence-corrected chi connectivity index (χ3v) is 4.03. The molecule has 0 unspecified atom stereocenters. The van der Waals surface area contributed by atoms with E-state index in [4.69, 9.17) is 5.21 Å². The van der Waals surface area contributed by atoms with Crippen LogP contribution in [0.5, 0.6) is 0 Å². The number of rotatable bonds is 6. The van der Waals surface area contributed by atoms with Crippen LogP contribution in [0.3, 0.4) is 0 Å². The Morgan fingerprint density at radius 2 is 1.85 bits per heavy atom. The number of hydrogen-bond acceptors (Lipinski definition) is 3. The van der Waals surface area contributed by atoms with Crippen molar-refractivity contribution < 1.29 is 14.8 Å². The van der Waals surface area contributed by atoms with Crippen LogP contribution in [0.25, 0.3) is 17.0 Å². The molecule has 0 fully saturated rings. The number of aromatic amines is 1. The molecule has 2 aromatic carbocycles. The molecule has 0 spiro atoms. The number of carbonyl (C=O) groups is 2. The number of hydroxylamine groups is 1. The van der Waals surface area contributed by atoms with Gasteiger partial charge < -0.3 is 10.3 Å². The van der Waals surface area contributed by atoms with Crippen LogP contribution in [0, 0.1) is 0 Å². The summed E-state index contributed by atoms with van der Waals surface area (Å²) in [5, 5.41) is 12.4. The molecule has 3 rings (SSSR count). The third kappa shape index (κ3) is 4.37. The van der Waals surface area contributed by atoms with Crippen LogP contribution in [0.2, 0.25) is 0 Å². The standard InChI is InChI=1S/C20H19N3O3/c24-19(23-26)10-9-14-5-7-15(8-6-14)12-22-20(25)11-16-13-21-18-4-2-1-3-17(16)18/h1-10,13,21,26H,11-12H2,(H,22,25)(H,23,24). The molecule has 132 valence electrons. The van der Waals surface area contributed by atoms with Crippen LogP contribution in [-0.4, -0.2) is 22.0 Å². The topological polar surface area (TPSA) is 94.2 Å². The van der Waals surface area contributed by atoms with E-state index in [1.165, 1.54) is 11.6 Å². The maximum Gasteiger partial charge on any atom is 0.267 e. The van der Waals surface area contributed by atoms with E-state index in [0.29, 0.717) is 13.0 Å². The summed E-state index contributed by atoms with van der Waals surface area (Å²) in [6, 6.07) is 15.3. The van der Waals surface area contributed by atoms with Crippen molar-refractivity contribution in [3.8, 4) is 0 Å². The predicted molar refractivity (Wildman–Crippen MR) is 99.3 cm³/mol. The van der Waals surface area contributed by atoms with Crippen molar-refractivity contribution in [1.82, 2.24) is 15.8 Å². The summed E-state index contributed by atoms with van der Waals surface area (Å²) in [6.07, 6.45) is 5.01. The van der Waals surface area contributed by atoms with Gasteiger partial charge in [-0.15, -0.1) is 0 Å². The molecule has 1 aromatic heterocycles. The Morgan fingerprint density at radius 1 is 1.08 bits per heavy atom. The van der Waals surface area contributed by atoms with Crippen LogP contribution < -0.4 is 10.8 Å². The summed E-state index contributed by atoms with van der Waals surface area (Å²) < 4.78 is 0. The van der Waals surface area contributed by atoms with Gasteiger partial charge in [-0.1, -0.05) is 42.5 Å². The Hall–Kier alpha value is -3.38. The first-order chi connectivity index (χ1) is 12.7. The predicted octanol–water partition coefficient (Wildman–Crippen LogP) is 2.55. The van der Waals surface area contributed by atoms with Crippen molar-refractivity contribution in [2.45, 2.75) is 13.0 Å². The molecular weight excluding hydrogens is 330 g/mol. The summed E-state index contributed by atoms with van der Waals surface area (Å²) in [5.74, 6) is -0.628. The first kappa shape index (κ1) is 17.4. The number of fused-ring (bicyclic) bond motifs is 1. The summed E-state index contributed by atoms with van der Waals surface area (Å²) in [5.41, 5.74) is 5.31. The lowest BCUT2D eigenvalue weighted by atomic mass is 10.1. The fourth-order valence-electron chi connectivity index (χ4n) is 2.67. The molecule has 4 N–H and O–H groups in total. The molecule has 0 bridgehead atoms.